The van der Waals surface area contributed by atoms with Gasteiger partial charge in [0.05, 0.1) is 18.1 Å². The molecule has 0 saturated carbocycles. The van der Waals surface area contributed by atoms with Crippen molar-refractivity contribution < 1.29 is 22.3 Å². The van der Waals surface area contributed by atoms with Gasteiger partial charge in [-0.3, -0.25) is 4.79 Å². The molecular weight excluding hydrogens is 469 g/mol. The van der Waals surface area contributed by atoms with Gasteiger partial charge in [0, 0.05) is 29.4 Å². The summed E-state index contributed by atoms with van der Waals surface area (Å²) < 4.78 is 44.6. The highest BCUT2D eigenvalue weighted by Crippen LogP contribution is 2.30. The van der Waals surface area contributed by atoms with Gasteiger partial charge in [-0.05, 0) is 71.8 Å². The molecule has 0 fully saturated rings. The number of halogens is 1. The summed E-state index contributed by atoms with van der Waals surface area (Å²) in [5.74, 6) is -0.272. The van der Waals surface area contributed by atoms with Crippen molar-refractivity contribution >= 4 is 21.4 Å². The summed E-state index contributed by atoms with van der Waals surface area (Å²) in [6.45, 7) is 0.636. The Bertz CT molecular complexity index is 1500. The largest absolute Gasteiger partial charge is 0.493 e. The van der Waals surface area contributed by atoms with Crippen LogP contribution in [0.2, 0.25) is 0 Å². The molecule has 3 aromatic carbocycles. The number of nitrogens with zero attached hydrogens (tertiary/aromatic N) is 2. The molecule has 176 valence electrons. The van der Waals surface area contributed by atoms with Crippen molar-refractivity contribution in [2.45, 2.75) is 17.3 Å². The first-order chi connectivity index (χ1) is 16.9. The molecule has 0 atom stereocenters. The molecule has 2 heterocycles. The molecule has 0 saturated heterocycles. The van der Waals surface area contributed by atoms with Gasteiger partial charge in [0.2, 0.25) is 15.0 Å². The van der Waals surface area contributed by atoms with Gasteiger partial charge in [-0.2, -0.15) is 0 Å². The van der Waals surface area contributed by atoms with E-state index in [-0.39, 0.29) is 10.9 Å². The average molecular weight is 490 g/mol. The first-order valence-electron chi connectivity index (χ1n) is 10.9. The Kier molecular flexibility index (Phi) is 6.00. The van der Waals surface area contributed by atoms with Crippen LogP contribution in [0, 0.1) is 5.82 Å². The summed E-state index contributed by atoms with van der Waals surface area (Å²) in [6.07, 6.45) is 2.24. The monoisotopic (exact) mass is 489 g/mol. The number of aromatic nitrogens is 2. The fourth-order valence-electron chi connectivity index (χ4n) is 3.77. The minimum absolute atomic E-state index is 0.250. The second-order valence-electron chi connectivity index (χ2n) is 8.06. The van der Waals surface area contributed by atoms with Crippen LogP contribution < -0.4 is 10.1 Å². The minimum Gasteiger partial charge on any atom is -0.493 e. The molecule has 0 unspecified atom stereocenters. The van der Waals surface area contributed by atoms with Crippen molar-refractivity contribution in [2.24, 2.45) is 0 Å². The van der Waals surface area contributed by atoms with Crippen LogP contribution in [-0.4, -0.2) is 30.9 Å². The molecule has 5 rings (SSSR count). The molecule has 1 amide bonds. The van der Waals surface area contributed by atoms with E-state index in [0.717, 1.165) is 23.3 Å². The zero-order chi connectivity index (χ0) is 24.4. The highest BCUT2D eigenvalue weighted by molar-refractivity contribution is 7.90. The third kappa shape index (κ3) is 5.04. The lowest BCUT2D eigenvalue weighted by molar-refractivity contribution is 0.102. The molecular formula is C26H20FN3O4S. The summed E-state index contributed by atoms with van der Waals surface area (Å²) in [4.78, 5) is 20.6. The van der Waals surface area contributed by atoms with Gasteiger partial charge in [-0.25, -0.2) is 22.8 Å². The number of hydrogen-bond acceptors (Lipinski definition) is 6. The number of carbonyl (C=O) groups is 1. The van der Waals surface area contributed by atoms with Crippen LogP contribution in [0.1, 0.15) is 21.5 Å². The van der Waals surface area contributed by atoms with Gasteiger partial charge in [0.1, 0.15) is 11.6 Å². The number of ether oxygens (including phenoxy) is 1. The van der Waals surface area contributed by atoms with E-state index in [4.69, 9.17) is 4.74 Å². The Morgan fingerprint density at radius 3 is 2.54 bits per heavy atom. The lowest BCUT2D eigenvalue weighted by Gasteiger charge is -2.08. The van der Waals surface area contributed by atoms with E-state index in [2.05, 4.69) is 15.3 Å². The van der Waals surface area contributed by atoms with E-state index >= 15 is 0 Å². The average Bonchev–Trinajstić information content (AvgIpc) is 3.34. The maximum absolute atomic E-state index is 13.0. The van der Waals surface area contributed by atoms with Crippen molar-refractivity contribution in [3.63, 3.8) is 0 Å². The number of fused-ring (bicyclic) bond motifs is 1. The number of benzene rings is 3. The number of rotatable bonds is 6. The van der Waals surface area contributed by atoms with Crippen molar-refractivity contribution in [1.29, 1.82) is 0 Å². The maximum atomic E-state index is 13.0. The lowest BCUT2D eigenvalue weighted by atomic mass is 10.1. The van der Waals surface area contributed by atoms with E-state index in [9.17, 15) is 17.6 Å². The van der Waals surface area contributed by atoms with E-state index < -0.39 is 21.6 Å². The molecule has 0 aliphatic carbocycles. The van der Waals surface area contributed by atoms with Gasteiger partial charge >= 0.3 is 0 Å². The third-order valence-electron chi connectivity index (χ3n) is 5.57. The summed E-state index contributed by atoms with van der Waals surface area (Å²) >= 11 is 0. The Morgan fingerprint density at radius 2 is 1.77 bits per heavy atom. The smallest absolute Gasteiger partial charge is 0.255 e. The second kappa shape index (κ2) is 9.27. The van der Waals surface area contributed by atoms with Gasteiger partial charge in [0.15, 0.2) is 0 Å². The zero-order valence-electron chi connectivity index (χ0n) is 18.4. The van der Waals surface area contributed by atoms with Crippen LogP contribution in [0.3, 0.4) is 0 Å². The quantitative estimate of drug-likeness (QED) is 0.402. The van der Waals surface area contributed by atoms with E-state index in [0.29, 0.717) is 29.1 Å². The van der Waals surface area contributed by atoms with Crippen LogP contribution in [-0.2, 0) is 22.0 Å². The minimum atomic E-state index is -3.81. The van der Waals surface area contributed by atoms with E-state index in [1.807, 2.05) is 18.2 Å². The first kappa shape index (κ1) is 22.7. The molecule has 1 aliphatic rings. The van der Waals surface area contributed by atoms with Crippen LogP contribution in [0.25, 0.3) is 11.3 Å². The summed E-state index contributed by atoms with van der Waals surface area (Å²) in [5.41, 5.74) is 3.71. The predicted octanol–water partition coefficient (Wildman–Crippen LogP) is 4.44. The standard InChI is InChI=1S/C26H20FN3O4S/c27-21-6-3-18(4-7-21)25(31)29-22-8-1-17(2-9-22)16-35(32,33)26-28-13-11-23(30-26)19-5-10-24-20(15-19)12-14-34-24/h1-11,13,15H,12,14,16H2,(H,29,31). The topological polar surface area (TPSA) is 98.2 Å². The summed E-state index contributed by atoms with van der Waals surface area (Å²) in [6, 6.07) is 19.0. The fraction of sp³-hybridized carbons (Fsp3) is 0.115. The van der Waals surface area contributed by atoms with Gasteiger partial charge in [-0.1, -0.05) is 12.1 Å². The van der Waals surface area contributed by atoms with Crippen molar-refractivity contribution in [2.75, 3.05) is 11.9 Å². The SMILES string of the molecule is O=C(Nc1ccc(CS(=O)(=O)c2nccc(-c3ccc4c(c3)CCO4)n2)cc1)c1ccc(F)cc1. The molecule has 0 bridgehead atoms. The van der Waals surface area contributed by atoms with Crippen LogP contribution in [0.4, 0.5) is 10.1 Å². The maximum Gasteiger partial charge on any atom is 0.255 e. The number of amides is 1. The molecule has 0 spiro atoms. The number of carbonyl (C=O) groups excluding carboxylic acids is 1. The molecule has 1 N–H and O–H groups in total. The van der Waals surface area contributed by atoms with Crippen LogP contribution in [0.15, 0.2) is 84.1 Å². The summed E-state index contributed by atoms with van der Waals surface area (Å²) in [7, 11) is -3.81. The third-order valence-corrected chi connectivity index (χ3v) is 7.04. The Labute approximate surface area is 201 Å². The first-order valence-corrected chi connectivity index (χ1v) is 12.5. The number of anilines is 1. The molecule has 7 nitrogen and oxygen atoms in total. The molecule has 1 aromatic heterocycles. The lowest BCUT2D eigenvalue weighted by Crippen LogP contribution is -2.12. The van der Waals surface area contributed by atoms with Crippen molar-refractivity contribution in [3.05, 3.63) is 102 Å². The zero-order valence-corrected chi connectivity index (χ0v) is 19.3. The highest BCUT2D eigenvalue weighted by Gasteiger charge is 2.21. The fourth-order valence-corrected chi connectivity index (χ4v) is 4.99. The number of sulfone groups is 1. The van der Waals surface area contributed by atoms with E-state index in [1.54, 1.807) is 30.3 Å². The second-order valence-corrected chi connectivity index (χ2v) is 9.95. The van der Waals surface area contributed by atoms with E-state index in [1.165, 1.54) is 30.5 Å². The predicted molar refractivity (Wildman–Crippen MR) is 128 cm³/mol. The number of hydrogen-bond donors (Lipinski definition) is 1. The van der Waals surface area contributed by atoms with Crippen LogP contribution in [0.5, 0.6) is 5.75 Å². The molecule has 0 radical (unpaired) electrons. The van der Waals surface area contributed by atoms with Crippen LogP contribution >= 0.6 is 0 Å². The normalized spacial score (nSPS) is 12.6. The molecule has 1 aliphatic heterocycles. The Hall–Kier alpha value is -4.11. The Balaban J connectivity index is 1.30. The van der Waals surface area contributed by atoms with Crippen molar-refractivity contribution in [3.8, 4) is 17.0 Å². The number of nitrogens with one attached hydrogen (secondary N) is 1. The highest BCUT2D eigenvalue weighted by atomic mass is 32.2. The van der Waals surface area contributed by atoms with Crippen molar-refractivity contribution in [1.82, 2.24) is 9.97 Å². The Morgan fingerprint density at radius 1 is 1.00 bits per heavy atom. The molecule has 35 heavy (non-hydrogen) atoms. The molecule has 4 aromatic rings. The van der Waals surface area contributed by atoms with Gasteiger partial charge in [0.25, 0.3) is 5.91 Å². The van der Waals surface area contributed by atoms with Gasteiger partial charge < -0.3 is 10.1 Å². The summed E-state index contributed by atoms with van der Waals surface area (Å²) in [5, 5.41) is 2.45. The van der Waals surface area contributed by atoms with Gasteiger partial charge in [-0.15, -0.1) is 0 Å². The molecule has 9 heteroatoms.